The summed E-state index contributed by atoms with van der Waals surface area (Å²) in [5.41, 5.74) is 0.643. The average molecular weight is 222 g/mol. The van der Waals surface area contributed by atoms with Crippen molar-refractivity contribution >= 4 is 5.78 Å². The Morgan fingerprint density at radius 2 is 2.25 bits per heavy atom. The van der Waals surface area contributed by atoms with E-state index in [1.54, 1.807) is 12.5 Å². The summed E-state index contributed by atoms with van der Waals surface area (Å²) in [5, 5.41) is 0. The predicted molar refractivity (Wildman–Crippen MR) is 65.4 cm³/mol. The molecule has 0 saturated heterocycles. The molecule has 2 atom stereocenters. The molecule has 0 aromatic carbocycles. The van der Waals surface area contributed by atoms with Gasteiger partial charge in [0, 0.05) is 6.42 Å². The number of ketones is 1. The molecule has 0 bridgehead atoms. The molecule has 3 nitrogen and oxygen atoms in total. The Bertz CT molecular complexity index is 306. The first kappa shape index (κ1) is 12.9. The normalized spacial score (nSPS) is 14.7. The Kier molecular flexibility index (Phi) is 5.23. The van der Waals surface area contributed by atoms with Crippen LogP contribution in [0.1, 0.15) is 56.9 Å². The van der Waals surface area contributed by atoms with Crippen molar-refractivity contribution in [2.24, 2.45) is 11.8 Å². The molecule has 0 amide bonds. The molecule has 1 aromatic rings. The molecule has 0 aliphatic heterocycles. The number of imidazole rings is 1. The number of H-pyrrole nitrogens is 1. The zero-order valence-electron chi connectivity index (χ0n) is 10.5. The van der Waals surface area contributed by atoms with Crippen LogP contribution in [0.2, 0.25) is 0 Å². The summed E-state index contributed by atoms with van der Waals surface area (Å²) in [6.07, 6.45) is 7.24. The predicted octanol–water partition coefficient (Wildman–Crippen LogP) is 3.44. The highest BCUT2D eigenvalue weighted by molar-refractivity contribution is 5.94. The number of carbonyl (C=O) groups excluding carboxylic acids is 1. The fraction of sp³-hybridized carbons (Fsp3) is 0.692. The number of hydrogen-bond acceptors (Lipinski definition) is 2. The first-order valence-corrected chi connectivity index (χ1v) is 6.20. The second kappa shape index (κ2) is 6.46. The van der Waals surface area contributed by atoms with Gasteiger partial charge in [-0.1, -0.05) is 40.0 Å². The van der Waals surface area contributed by atoms with E-state index in [0.29, 0.717) is 24.0 Å². The molecule has 2 unspecified atom stereocenters. The Morgan fingerprint density at radius 3 is 2.75 bits per heavy atom. The number of nitrogens with one attached hydrogen (secondary N) is 1. The SMILES string of the molecule is CCCC(CC(=O)c1cnc[nH]1)C(C)CC. The van der Waals surface area contributed by atoms with Gasteiger partial charge >= 0.3 is 0 Å². The lowest BCUT2D eigenvalue weighted by molar-refractivity contribution is 0.0936. The molecular weight excluding hydrogens is 200 g/mol. The second-order valence-electron chi connectivity index (χ2n) is 4.53. The Hall–Kier alpha value is -1.12. The number of Topliss-reactive ketones (excluding diaryl/α,β-unsaturated/α-hetero) is 1. The average Bonchev–Trinajstić information content (AvgIpc) is 2.80. The number of aromatic amines is 1. The zero-order chi connectivity index (χ0) is 12.0. The van der Waals surface area contributed by atoms with E-state index in [1.807, 2.05) is 0 Å². The molecule has 0 saturated carbocycles. The fourth-order valence-corrected chi connectivity index (χ4v) is 2.05. The van der Waals surface area contributed by atoms with Crippen LogP contribution >= 0.6 is 0 Å². The third-order valence-electron chi connectivity index (χ3n) is 3.35. The maximum atomic E-state index is 11.9. The van der Waals surface area contributed by atoms with Gasteiger partial charge in [0.2, 0.25) is 0 Å². The molecule has 0 aliphatic carbocycles. The van der Waals surface area contributed by atoms with Crippen molar-refractivity contribution < 1.29 is 4.79 Å². The van der Waals surface area contributed by atoms with Gasteiger partial charge in [0.1, 0.15) is 5.69 Å². The van der Waals surface area contributed by atoms with Gasteiger partial charge < -0.3 is 4.98 Å². The lowest BCUT2D eigenvalue weighted by Gasteiger charge is -2.21. The van der Waals surface area contributed by atoms with E-state index in [-0.39, 0.29) is 5.78 Å². The van der Waals surface area contributed by atoms with Crippen LogP contribution in [0.4, 0.5) is 0 Å². The maximum absolute atomic E-state index is 11.9. The van der Waals surface area contributed by atoms with Crippen LogP contribution in [0.15, 0.2) is 12.5 Å². The summed E-state index contributed by atoms with van der Waals surface area (Å²) >= 11 is 0. The Balaban J connectivity index is 2.57. The number of carbonyl (C=O) groups is 1. The summed E-state index contributed by atoms with van der Waals surface area (Å²) in [5.74, 6) is 1.31. The van der Waals surface area contributed by atoms with Crippen molar-refractivity contribution in [3.8, 4) is 0 Å². The molecular formula is C13H22N2O. The third kappa shape index (κ3) is 3.47. The highest BCUT2D eigenvalue weighted by Gasteiger charge is 2.19. The third-order valence-corrected chi connectivity index (χ3v) is 3.35. The van der Waals surface area contributed by atoms with E-state index in [9.17, 15) is 4.79 Å². The molecule has 0 fully saturated rings. The standard InChI is InChI=1S/C13H22N2O/c1-4-6-11(10(3)5-2)7-13(16)12-8-14-9-15-12/h8-11H,4-7H2,1-3H3,(H,14,15). The number of hydrogen-bond donors (Lipinski definition) is 1. The first-order valence-electron chi connectivity index (χ1n) is 6.20. The monoisotopic (exact) mass is 222 g/mol. The van der Waals surface area contributed by atoms with Crippen molar-refractivity contribution in [1.82, 2.24) is 9.97 Å². The number of nitrogens with zero attached hydrogens (tertiary/aromatic N) is 1. The van der Waals surface area contributed by atoms with Crippen LogP contribution in [-0.2, 0) is 0 Å². The van der Waals surface area contributed by atoms with E-state index in [1.165, 1.54) is 0 Å². The zero-order valence-corrected chi connectivity index (χ0v) is 10.5. The van der Waals surface area contributed by atoms with Crippen LogP contribution < -0.4 is 0 Å². The van der Waals surface area contributed by atoms with E-state index in [4.69, 9.17) is 0 Å². The molecule has 1 heterocycles. The quantitative estimate of drug-likeness (QED) is 0.718. The van der Waals surface area contributed by atoms with Gasteiger partial charge in [0.25, 0.3) is 0 Å². The van der Waals surface area contributed by atoms with Gasteiger partial charge in [-0.2, -0.15) is 0 Å². The second-order valence-corrected chi connectivity index (χ2v) is 4.53. The summed E-state index contributed by atoms with van der Waals surface area (Å²) in [6, 6.07) is 0. The van der Waals surface area contributed by atoms with E-state index in [0.717, 1.165) is 19.3 Å². The van der Waals surface area contributed by atoms with E-state index in [2.05, 4.69) is 30.7 Å². The number of aromatic nitrogens is 2. The molecule has 90 valence electrons. The smallest absolute Gasteiger partial charge is 0.180 e. The molecule has 1 rings (SSSR count). The van der Waals surface area contributed by atoms with Crippen LogP contribution in [-0.4, -0.2) is 15.8 Å². The molecule has 1 N–H and O–H groups in total. The van der Waals surface area contributed by atoms with Crippen molar-refractivity contribution in [2.75, 3.05) is 0 Å². The van der Waals surface area contributed by atoms with Crippen molar-refractivity contribution in [3.63, 3.8) is 0 Å². The van der Waals surface area contributed by atoms with Gasteiger partial charge in [-0.25, -0.2) is 4.98 Å². The van der Waals surface area contributed by atoms with Gasteiger partial charge in [-0.05, 0) is 11.8 Å². The van der Waals surface area contributed by atoms with Crippen molar-refractivity contribution in [2.45, 2.75) is 46.5 Å². The van der Waals surface area contributed by atoms with Crippen molar-refractivity contribution in [1.29, 1.82) is 0 Å². The lowest BCUT2D eigenvalue weighted by Crippen LogP contribution is -2.16. The van der Waals surface area contributed by atoms with Gasteiger partial charge in [0.15, 0.2) is 5.78 Å². The minimum absolute atomic E-state index is 0.191. The van der Waals surface area contributed by atoms with Crippen LogP contribution in [0.25, 0.3) is 0 Å². The Labute approximate surface area is 97.7 Å². The molecule has 0 spiro atoms. The van der Waals surface area contributed by atoms with E-state index < -0.39 is 0 Å². The molecule has 16 heavy (non-hydrogen) atoms. The first-order chi connectivity index (χ1) is 7.69. The van der Waals surface area contributed by atoms with E-state index >= 15 is 0 Å². The highest BCUT2D eigenvalue weighted by atomic mass is 16.1. The fourth-order valence-electron chi connectivity index (χ4n) is 2.05. The van der Waals surface area contributed by atoms with Gasteiger partial charge in [-0.15, -0.1) is 0 Å². The minimum atomic E-state index is 0.191. The lowest BCUT2D eigenvalue weighted by atomic mass is 9.84. The summed E-state index contributed by atoms with van der Waals surface area (Å²) in [7, 11) is 0. The molecule has 0 aliphatic rings. The van der Waals surface area contributed by atoms with Crippen molar-refractivity contribution in [3.05, 3.63) is 18.2 Å². The Morgan fingerprint density at radius 1 is 1.50 bits per heavy atom. The van der Waals surface area contributed by atoms with Crippen LogP contribution in [0, 0.1) is 11.8 Å². The summed E-state index contributed by atoms with van der Waals surface area (Å²) < 4.78 is 0. The number of rotatable bonds is 7. The molecule has 0 radical (unpaired) electrons. The van der Waals surface area contributed by atoms with Gasteiger partial charge in [0.05, 0.1) is 12.5 Å². The van der Waals surface area contributed by atoms with Crippen LogP contribution in [0.3, 0.4) is 0 Å². The van der Waals surface area contributed by atoms with Gasteiger partial charge in [-0.3, -0.25) is 4.79 Å². The largest absolute Gasteiger partial charge is 0.342 e. The maximum Gasteiger partial charge on any atom is 0.180 e. The molecule has 3 heteroatoms. The summed E-state index contributed by atoms with van der Waals surface area (Å²) in [4.78, 5) is 18.7. The topological polar surface area (TPSA) is 45.8 Å². The highest BCUT2D eigenvalue weighted by Crippen LogP contribution is 2.25. The summed E-state index contributed by atoms with van der Waals surface area (Å²) in [6.45, 7) is 6.60. The minimum Gasteiger partial charge on any atom is -0.342 e. The van der Waals surface area contributed by atoms with Crippen LogP contribution in [0.5, 0.6) is 0 Å². The molecule has 1 aromatic heterocycles.